The van der Waals surface area contributed by atoms with E-state index in [1.807, 2.05) is 6.07 Å². The quantitative estimate of drug-likeness (QED) is 0.935. The molecule has 0 saturated heterocycles. The van der Waals surface area contributed by atoms with Gasteiger partial charge in [0.25, 0.3) is 10.0 Å². The Morgan fingerprint density at radius 1 is 1.10 bits per heavy atom. The second-order valence-electron chi connectivity index (χ2n) is 3.87. The fraction of sp³-hybridized carbons (Fsp3) is 0. The molecule has 0 aliphatic carbocycles. The van der Waals surface area contributed by atoms with Gasteiger partial charge in [-0.1, -0.05) is 29.3 Å². The van der Waals surface area contributed by atoms with Gasteiger partial charge >= 0.3 is 0 Å². The molecule has 0 fully saturated rings. The lowest BCUT2D eigenvalue weighted by Crippen LogP contribution is -2.13. The highest BCUT2D eigenvalue weighted by Gasteiger charge is 2.16. The summed E-state index contributed by atoms with van der Waals surface area (Å²) >= 11 is 11.7. The molecule has 0 atom stereocenters. The van der Waals surface area contributed by atoms with E-state index in [4.69, 9.17) is 28.5 Å². The first-order valence-electron chi connectivity index (χ1n) is 5.40. The molecule has 0 spiro atoms. The number of hydrogen-bond donors (Lipinski definition) is 1. The summed E-state index contributed by atoms with van der Waals surface area (Å²) in [6.45, 7) is 0. The number of nitriles is 1. The Morgan fingerprint density at radius 2 is 1.85 bits per heavy atom. The van der Waals surface area contributed by atoms with E-state index in [-0.39, 0.29) is 21.2 Å². The third-order valence-corrected chi connectivity index (χ3v) is 4.37. The van der Waals surface area contributed by atoms with Crippen LogP contribution in [-0.4, -0.2) is 8.42 Å². The zero-order chi connectivity index (χ0) is 14.8. The normalized spacial score (nSPS) is 10.8. The van der Waals surface area contributed by atoms with Crippen molar-refractivity contribution in [3.8, 4) is 6.07 Å². The van der Waals surface area contributed by atoms with E-state index in [1.54, 1.807) is 6.07 Å². The number of sulfonamides is 1. The van der Waals surface area contributed by atoms with Gasteiger partial charge in [0.15, 0.2) is 0 Å². The van der Waals surface area contributed by atoms with Crippen LogP contribution in [0.15, 0.2) is 47.4 Å². The maximum absolute atomic E-state index is 12.2. The van der Waals surface area contributed by atoms with Crippen LogP contribution in [0.4, 0.5) is 5.69 Å². The van der Waals surface area contributed by atoms with Crippen LogP contribution in [0.1, 0.15) is 5.56 Å². The lowest BCUT2D eigenvalue weighted by atomic mass is 10.2. The molecule has 102 valence electrons. The van der Waals surface area contributed by atoms with Crippen molar-refractivity contribution in [2.75, 3.05) is 4.72 Å². The summed E-state index contributed by atoms with van der Waals surface area (Å²) in [5.41, 5.74) is 0.437. The number of nitrogens with zero attached hydrogens (tertiary/aromatic N) is 1. The largest absolute Gasteiger partial charge is 0.278 e. The number of halogens is 2. The predicted octanol–water partition coefficient (Wildman–Crippen LogP) is 3.67. The van der Waals surface area contributed by atoms with E-state index < -0.39 is 10.0 Å². The topological polar surface area (TPSA) is 70.0 Å². The standard InChI is InChI=1S/C13H8Cl2N2O2S/c14-10-4-5-12(15)13(7-10)17-20(18,19)11-3-1-2-9(6-11)8-16/h1-7,17H. The molecule has 7 heteroatoms. The second kappa shape index (κ2) is 5.71. The second-order valence-corrected chi connectivity index (χ2v) is 6.40. The van der Waals surface area contributed by atoms with Crippen molar-refractivity contribution in [1.82, 2.24) is 0 Å². The van der Waals surface area contributed by atoms with Crippen molar-refractivity contribution in [1.29, 1.82) is 5.26 Å². The molecule has 2 aromatic rings. The van der Waals surface area contributed by atoms with E-state index in [0.717, 1.165) is 0 Å². The van der Waals surface area contributed by atoms with Crippen LogP contribution in [0, 0.1) is 11.3 Å². The maximum atomic E-state index is 12.2. The summed E-state index contributed by atoms with van der Waals surface area (Å²) in [7, 11) is -3.83. The van der Waals surface area contributed by atoms with Crippen LogP contribution >= 0.6 is 23.2 Å². The molecule has 0 aliphatic rings. The number of nitrogens with one attached hydrogen (secondary N) is 1. The third-order valence-electron chi connectivity index (χ3n) is 2.45. The Kier molecular flexibility index (Phi) is 4.19. The van der Waals surface area contributed by atoms with Gasteiger partial charge in [0.1, 0.15) is 0 Å². The van der Waals surface area contributed by atoms with E-state index in [1.165, 1.54) is 36.4 Å². The monoisotopic (exact) mass is 326 g/mol. The van der Waals surface area contributed by atoms with Gasteiger partial charge in [-0.2, -0.15) is 5.26 Å². The highest BCUT2D eigenvalue weighted by molar-refractivity contribution is 7.92. The molecule has 0 aliphatic heterocycles. The SMILES string of the molecule is N#Cc1cccc(S(=O)(=O)Nc2cc(Cl)ccc2Cl)c1. The minimum Gasteiger partial charge on any atom is -0.278 e. The van der Waals surface area contributed by atoms with Crippen LogP contribution in [0.3, 0.4) is 0 Å². The Bertz CT molecular complexity index is 798. The summed E-state index contributed by atoms with van der Waals surface area (Å²) in [6.07, 6.45) is 0. The lowest BCUT2D eigenvalue weighted by molar-refractivity contribution is 0.601. The van der Waals surface area contributed by atoms with Gasteiger partial charge in [-0.15, -0.1) is 0 Å². The first kappa shape index (κ1) is 14.7. The summed E-state index contributed by atoms with van der Waals surface area (Å²) in [6, 6.07) is 12.0. The molecule has 0 amide bonds. The predicted molar refractivity (Wildman–Crippen MR) is 78.4 cm³/mol. The van der Waals surface area contributed by atoms with Crippen LogP contribution < -0.4 is 4.72 Å². The molecule has 1 N–H and O–H groups in total. The van der Waals surface area contributed by atoms with Crippen LogP contribution in [0.5, 0.6) is 0 Å². The smallest absolute Gasteiger partial charge is 0.261 e. The number of anilines is 1. The molecular formula is C13H8Cl2N2O2S. The number of benzene rings is 2. The summed E-state index contributed by atoms with van der Waals surface area (Å²) < 4.78 is 26.8. The number of rotatable bonds is 3. The van der Waals surface area contributed by atoms with Crippen molar-refractivity contribution in [3.05, 3.63) is 58.1 Å². The van der Waals surface area contributed by atoms with Gasteiger partial charge < -0.3 is 0 Å². The zero-order valence-corrected chi connectivity index (χ0v) is 12.3. The fourth-order valence-electron chi connectivity index (χ4n) is 1.51. The lowest BCUT2D eigenvalue weighted by Gasteiger charge is -2.10. The van der Waals surface area contributed by atoms with E-state index in [2.05, 4.69) is 4.72 Å². The van der Waals surface area contributed by atoms with Gasteiger partial charge in [-0.3, -0.25) is 4.72 Å². The Balaban J connectivity index is 2.41. The van der Waals surface area contributed by atoms with Gasteiger partial charge in [-0.25, -0.2) is 8.42 Å². The average molecular weight is 327 g/mol. The van der Waals surface area contributed by atoms with Gasteiger partial charge in [0.05, 0.1) is 27.2 Å². The minimum absolute atomic E-state index is 0.0207. The molecule has 0 saturated carbocycles. The first-order chi connectivity index (χ1) is 9.42. The summed E-state index contributed by atoms with van der Waals surface area (Å²) in [5, 5.41) is 9.38. The van der Waals surface area contributed by atoms with Crippen LogP contribution in [0.2, 0.25) is 10.0 Å². The van der Waals surface area contributed by atoms with Crippen molar-refractivity contribution in [2.24, 2.45) is 0 Å². The number of hydrogen-bond acceptors (Lipinski definition) is 3. The summed E-state index contributed by atoms with van der Waals surface area (Å²) in [4.78, 5) is -0.0207. The molecule has 0 aromatic heterocycles. The van der Waals surface area contributed by atoms with Crippen molar-refractivity contribution >= 4 is 38.9 Å². The van der Waals surface area contributed by atoms with Crippen molar-refractivity contribution in [2.45, 2.75) is 4.90 Å². The fourth-order valence-corrected chi connectivity index (χ4v) is 3.02. The Morgan fingerprint density at radius 3 is 2.55 bits per heavy atom. The minimum atomic E-state index is -3.83. The van der Waals surface area contributed by atoms with Crippen LogP contribution in [0.25, 0.3) is 0 Å². The molecule has 2 rings (SSSR count). The molecule has 4 nitrogen and oxygen atoms in total. The van der Waals surface area contributed by atoms with E-state index in [9.17, 15) is 8.42 Å². The zero-order valence-electron chi connectivity index (χ0n) is 9.97. The molecule has 0 bridgehead atoms. The van der Waals surface area contributed by atoms with Crippen molar-refractivity contribution < 1.29 is 8.42 Å². The molecule has 0 unspecified atom stereocenters. The van der Waals surface area contributed by atoms with Gasteiger partial charge in [-0.05, 0) is 36.4 Å². The molecule has 0 radical (unpaired) electrons. The summed E-state index contributed by atoms with van der Waals surface area (Å²) in [5.74, 6) is 0. The van der Waals surface area contributed by atoms with Crippen LogP contribution in [-0.2, 0) is 10.0 Å². The maximum Gasteiger partial charge on any atom is 0.261 e. The molecule has 20 heavy (non-hydrogen) atoms. The highest BCUT2D eigenvalue weighted by Crippen LogP contribution is 2.27. The van der Waals surface area contributed by atoms with Crippen molar-refractivity contribution in [3.63, 3.8) is 0 Å². The average Bonchev–Trinajstić information content (AvgIpc) is 2.43. The molecule has 0 heterocycles. The van der Waals surface area contributed by atoms with Gasteiger partial charge in [0, 0.05) is 5.02 Å². The third kappa shape index (κ3) is 3.23. The molecular weight excluding hydrogens is 319 g/mol. The van der Waals surface area contributed by atoms with E-state index >= 15 is 0 Å². The Labute approximate surface area is 126 Å². The first-order valence-corrected chi connectivity index (χ1v) is 7.64. The Hall–Kier alpha value is -1.74. The van der Waals surface area contributed by atoms with E-state index in [0.29, 0.717) is 5.02 Å². The highest BCUT2D eigenvalue weighted by atomic mass is 35.5. The van der Waals surface area contributed by atoms with Gasteiger partial charge in [0.2, 0.25) is 0 Å². The molecule has 2 aromatic carbocycles.